The quantitative estimate of drug-likeness (QED) is 0.885. The number of nitrogens with zero attached hydrogens (tertiary/aromatic N) is 2. The van der Waals surface area contributed by atoms with E-state index in [4.69, 9.17) is 4.74 Å². The maximum Gasteiger partial charge on any atom is 0.131 e. The molecule has 4 nitrogen and oxygen atoms in total. The minimum absolute atomic E-state index is 0.802. The molecule has 21 heavy (non-hydrogen) atoms. The van der Waals surface area contributed by atoms with Crippen LogP contribution in [0.15, 0.2) is 36.5 Å². The molecule has 0 aliphatic carbocycles. The Kier molecular flexibility index (Phi) is 5.17. The molecule has 2 rings (SSSR count). The van der Waals surface area contributed by atoms with Crippen molar-refractivity contribution in [1.82, 2.24) is 10.3 Å². The summed E-state index contributed by atoms with van der Waals surface area (Å²) in [6.45, 7) is 3.74. The van der Waals surface area contributed by atoms with Crippen molar-refractivity contribution in [2.75, 3.05) is 26.1 Å². The summed E-state index contributed by atoms with van der Waals surface area (Å²) >= 11 is 0. The lowest BCUT2D eigenvalue weighted by Crippen LogP contribution is -2.19. The van der Waals surface area contributed by atoms with E-state index in [1.807, 2.05) is 25.4 Å². The molecule has 0 amide bonds. The lowest BCUT2D eigenvalue weighted by molar-refractivity contribution is 0.414. The lowest BCUT2D eigenvalue weighted by atomic mass is 10.1. The highest BCUT2D eigenvalue weighted by Crippen LogP contribution is 2.20. The Labute approximate surface area is 126 Å². The van der Waals surface area contributed by atoms with Gasteiger partial charge >= 0.3 is 0 Å². The molecule has 4 heteroatoms. The smallest absolute Gasteiger partial charge is 0.131 e. The van der Waals surface area contributed by atoms with Crippen molar-refractivity contribution in [1.29, 1.82) is 0 Å². The van der Waals surface area contributed by atoms with Gasteiger partial charge in [0, 0.05) is 26.3 Å². The number of pyridine rings is 1. The van der Waals surface area contributed by atoms with Gasteiger partial charge in [-0.05, 0) is 48.9 Å². The van der Waals surface area contributed by atoms with Crippen LogP contribution in [0, 0.1) is 6.92 Å². The molecule has 2 aromatic rings. The third-order valence-corrected chi connectivity index (χ3v) is 3.40. The van der Waals surface area contributed by atoms with E-state index in [0.717, 1.165) is 24.7 Å². The standard InChI is InChI=1S/C17H23N3O/c1-13-8-15(10-18-2)11-19-17(13)20(3)12-14-6-5-7-16(9-14)21-4/h5-9,11,18H,10,12H2,1-4H3. The number of ether oxygens (including phenoxy) is 1. The Balaban J connectivity index is 2.14. The molecule has 1 heterocycles. The monoisotopic (exact) mass is 285 g/mol. The van der Waals surface area contributed by atoms with Crippen molar-refractivity contribution in [3.63, 3.8) is 0 Å². The zero-order valence-corrected chi connectivity index (χ0v) is 13.2. The van der Waals surface area contributed by atoms with Crippen LogP contribution < -0.4 is 15.0 Å². The fourth-order valence-electron chi connectivity index (χ4n) is 2.45. The van der Waals surface area contributed by atoms with Crippen molar-refractivity contribution in [3.05, 3.63) is 53.2 Å². The van der Waals surface area contributed by atoms with E-state index in [1.54, 1.807) is 7.11 Å². The van der Waals surface area contributed by atoms with Crippen LogP contribution in [0.4, 0.5) is 5.82 Å². The summed E-state index contributed by atoms with van der Waals surface area (Å²) in [5.41, 5.74) is 3.60. The second-order valence-corrected chi connectivity index (χ2v) is 5.22. The highest BCUT2D eigenvalue weighted by molar-refractivity contribution is 5.47. The third kappa shape index (κ3) is 3.95. The Bertz CT molecular complexity index is 598. The Morgan fingerprint density at radius 3 is 2.71 bits per heavy atom. The molecule has 0 atom stereocenters. The number of aromatic nitrogens is 1. The van der Waals surface area contributed by atoms with E-state index in [9.17, 15) is 0 Å². The predicted molar refractivity (Wildman–Crippen MR) is 86.8 cm³/mol. The molecular formula is C17H23N3O. The fraction of sp³-hybridized carbons (Fsp3) is 0.353. The van der Waals surface area contributed by atoms with Crippen molar-refractivity contribution in [2.24, 2.45) is 0 Å². The zero-order valence-electron chi connectivity index (χ0n) is 13.2. The Morgan fingerprint density at radius 2 is 2.05 bits per heavy atom. The molecule has 0 aliphatic heterocycles. The van der Waals surface area contributed by atoms with Gasteiger partial charge in [0.05, 0.1) is 7.11 Å². The van der Waals surface area contributed by atoms with Crippen LogP contribution in [-0.4, -0.2) is 26.2 Å². The molecule has 0 unspecified atom stereocenters. The molecule has 0 bridgehead atoms. The summed E-state index contributed by atoms with van der Waals surface area (Å²) < 4.78 is 5.27. The third-order valence-electron chi connectivity index (χ3n) is 3.40. The van der Waals surface area contributed by atoms with E-state index < -0.39 is 0 Å². The minimum Gasteiger partial charge on any atom is -0.497 e. The Morgan fingerprint density at radius 1 is 1.24 bits per heavy atom. The van der Waals surface area contributed by atoms with Crippen LogP contribution in [0.2, 0.25) is 0 Å². The summed E-state index contributed by atoms with van der Waals surface area (Å²) in [7, 11) is 5.69. The summed E-state index contributed by atoms with van der Waals surface area (Å²) in [6.07, 6.45) is 1.93. The predicted octanol–water partition coefficient (Wildman–Crippen LogP) is 2.75. The van der Waals surface area contributed by atoms with Crippen LogP contribution in [0.5, 0.6) is 5.75 Å². The molecule has 0 saturated carbocycles. The van der Waals surface area contributed by atoms with Gasteiger partial charge in [0.15, 0.2) is 0 Å². The molecular weight excluding hydrogens is 262 g/mol. The van der Waals surface area contributed by atoms with Crippen molar-refractivity contribution < 1.29 is 4.74 Å². The van der Waals surface area contributed by atoms with E-state index in [-0.39, 0.29) is 0 Å². The lowest BCUT2D eigenvalue weighted by Gasteiger charge is -2.21. The maximum absolute atomic E-state index is 5.27. The molecule has 0 fully saturated rings. The number of hydrogen-bond acceptors (Lipinski definition) is 4. The highest BCUT2D eigenvalue weighted by Gasteiger charge is 2.08. The van der Waals surface area contributed by atoms with Crippen LogP contribution in [0.1, 0.15) is 16.7 Å². The number of hydrogen-bond donors (Lipinski definition) is 1. The number of benzene rings is 1. The van der Waals surface area contributed by atoms with Gasteiger partial charge < -0.3 is 15.0 Å². The summed E-state index contributed by atoms with van der Waals surface area (Å²) in [5, 5.41) is 3.14. The average molecular weight is 285 g/mol. The van der Waals surface area contributed by atoms with Crippen molar-refractivity contribution >= 4 is 5.82 Å². The fourth-order valence-corrected chi connectivity index (χ4v) is 2.45. The molecule has 0 spiro atoms. The number of rotatable bonds is 6. The van der Waals surface area contributed by atoms with Crippen LogP contribution in [0.3, 0.4) is 0 Å². The van der Waals surface area contributed by atoms with Gasteiger partial charge in [-0.15, -0.1) is 0 Å². The maximum atomic E-state index is 5.27. The van der Waals surface area contributed by atoms with Crippen LogP contribution in [0.25, 0.3) is 0 Å². The van der Waals surface area contributed by atoms with Gasteiger partial charge in [-0.1, -0.05) is 12.1 Å². The van der Waals surface area contributed by atoms with Gasteiger partial charge in [-0.3, -0.25) is 0 Å². The first-order chi connectivity index (χ1) is 10.1. The second kappa shape index (κ2) is 7.09. The van der Waals surface area contributed by atoms with Gasteiger partial charge in [0.25, 0.3) is 0 Å². The number of nitrogens with one attached hydrogen (secondary N) is 1. The molecule has 112 valence electrons. The number of methoxy groups -OCH3 is 1. The summed E-state index contributed by atoms with van der Waals surface area (Å²) in [5.74, 6) is 1.90. The first-order valence-corrected chi connectivity index (χ1v) is 7.08. The molecule has 0 radical (unpaired) electrons. The van der Waals surface area contributed by atoms with Gasteiger partial charge in [0.2, 0.25) is 0 Å². The van der Waals surface area contributed by atoms with Gasteiger partial charge in [-0.2, -0.15) is 0 Å². The zero-order chi connectivity index (χ0) is 15.2. The number of anilines is 1. The second-order valence-electron chi connectivity index (χ2n) is 5.22. The summed E-state index contributed by atoms with van der Waals surface area (Å²) in [6, 6.07) is 10.3. The topological polar surface area (TPSA) is 37.4 Å². The van der Waals surface area contributed by atoms with Crippen LogP contribution in [-0.2, 0) is 13.1 Å². The van der Waals surface area contributed by atoms with Crippen LogP contribution >= 0.6 is 0 Å². The largest absolute Gasteiger partial charge is 0.497 e. The van der Waals surface area contributed by atoms with E-state index >= 15 is 0 Å². The molecule has 0 aliphatic rings. The first kappa shape index (κ1) is 15.3. The van der Waals surface area contributed by atoms with Gasteiger partial charge in [-0.25, -0.2) is 4.98 Å². The van der Waals surface area contributed by atoms with E-state index in [2.05, 4.69) is 47.4 Å². The number of aryl methyl sites for hydroxylation is 1. The minimum atomic E-state index is 0.802. The normalized spacial score (nSPS) is 10.5. The molecule has 1 N–H and O–H groups in total. The first-order valence-electron chi connectivity index (χ1n) is 7.08. The van der Waals surface area contributed by atoms with E-state index in [1.165, 1.54) is 16.7 Å². The Hall–Kier alpha value is -2.07. The highest BCUT2D eigenvalue weighted by atomic mass is 16.5. The van der Waals surface area contributed by atoms with Crippen molar-refractivity contribution in [3.8, 4) is 5.75 Å². The van der Waals surface area contributed by atoms with Crippen molar-refractivity contribution in [2.45, 2.75) is 20.0 Å². The molecule has 0 saturated heterocycles. The molecule has 1 aromatic heterocycles. The van der Waals surface area contributed by atoms with Gasteiger partial charge in [0.1, 0.15) is 11.6 Å². The molecule has 1 aromatic carbocycles. The average Bonchev–Trinajstić information content (AvgIpc) is 2.47. The summed E-state index contributed by atoms with van der Waals surface area (Å²) in [4.78, 5) is 6.75. The van der Waals surface area contributed by atoms with E-state index in [0.29, 0.717) is 0 Å². The SMILES string of the molecule is CNCc1cnc(N(C)Cc2cccc(OC)c2)c(C)c1.